The molecule has 4 rings (SSSR count). The van der Waals surface area contributed by atoms with E-state index in [4.69, 9.17) is 14.2 Å². The second kappa shape index (κ2) is 10.4. The lowest BCUT2D eigenvalue weighted by atomic mass is 9.91. The van der Waals surface area contributed by atoms with E-state index in [0.29, 0.717) is 12.0 Å². The molecule has 0 aliphatic carbocycles. The number of benzene rings is 2. The van der Waals surface area contributed by atoms with Crippen molar-refractivity contribution < 1.29 is 14.2 Å². The normalized spacial score (nSPS) is 21.9. The molecule has 2 aromatic carbocycles. The van der Waals surface area contributed by atoms with Crippen LogP contribution in [0.25, 0.3) is 10.8 Å². The highest BCUT2D eigenvalue weighted by atomic mass is 16.5. The molecular formula is C24H33NO3. The maximum Gasteiger partial charge on any atom is 0.0594 e. The van der Waals surface area contributed by atoms with Gasteiger partial charge in [-0.05, 0) is 47.9 Å². The van der Waals surface area contributed by atoms with E-state index in [2.05, 4.69) is 47.4 Å². The van der Waals surface area contributed by atoms with Gasteiger partial charge in [0.25, 0.3) is 0 Å². The van der Waals surface area contributed by atoms with Crippen molar-refractivity contribution in [1.82, 2.24) is 4.90 Å². The van der Waals surface area contributed by atoms with Crippen molar-refractivity contribution in [3.8, 4) is 0 Å². The molecule has 0 bridgehead atoms. The number of rotatable bonds is 9. The molecule has 2 fully saturated rings. The van der Waals surface area contributed by atoms with Crippen molar-refractivity contribution in [3.05, 3.63) is 48.0 Å². The summed E-state index contributed by atoms with van der Waals surface area (Å²) in [5, 5.41) is 2.69. The van der Waals surface area contributed by atoms with Crippen LogP contribution in [0.15, 0.2) is 42.5 Å². The summed E-state index contributed by atoms with van der Waals surface area (Å²) in [6.45, 7) is 7.29. The Balaban J connectivity index is 1.35. The molecule has 152 valence electrons. The highest BCUT2D eigenvalue weighted by molar-refractivity contribution is 5.85. The predicted molar refractivity (Wildman–Crippen MR) is 113 cm³/mol. The maximum atomic E-state index is 6.16. The SMILES string of the molecule is c1ccc2c(CC(COCCN3CCOCC3)CC3CCCO3)cccc2c1. The minimum absolute atomic E-state index is 0.405. The summed E-state index contributed by atoms with van der Waals surface area (Å²) in [5.74, 6) is 0.499. The van der Waals surface area contributed by atoms with Crippen LogP contribution in [0.2, 0.25) is 0 Å². The maximum absolute atomic E-state index is 6.16. The van der Waals surface area contributed by atoms with Crippen LogP contribution in [0.4, 0.5) is 0 Å². The molecule has 2 unspecified atom stereocenters. The first-order valence-corrected chi connectivity index (χ1v) is 10.8. The molecule has 2 aliphatic heterocycles. The zero-order chi connectivity index (χ0) is 19.0. The average molecular weight is 384 g/mol. The molecule has 2 atom stereocenters. The van der Waals surface area contributed by atoms with Gasteiger partial charge in [-0.25, -0.2) is 0 Å². The van der Waals surface area contributed by atoms with E-state index < -0.39 is 0 Å². The van der Waals surface area contributed by atoms with Crippen LogP contribution >= 0.6 is 0 Å². The summed E-state index contributed by atoms with van der Waals surface area (Å²) in [7, 11) is 0. The van der Waals surface area contributed by atoms with Gasteiger partial charge in [0.1, 0.15) is 0 Å². The Bertz CT molecular complexity index is 717. The monoisotopic (exact) mass is 383 g/mol. The first-order chi connectivity index (χ1) is 13.9. The number of fused-ring (bicyclic) bond motifs is 1. The van der Waals surface area contributed by atoms with Gasteiger partial charge in [0.2, 0.25) is 0 Å². The number of ether oxygens (including phenoxy) is 3. The van der Waals surface area contributed by atoms with Gasteiger partial charge < -0.3 is 14.2 Å². The number of morpholine rings is 1. The zero-order valence-electron chi connectivity index (χ0n) is 16.9. The van der Waals surface area contributed by atoms with Crippen LogP contribution in [-0.2, 0) is 20.6 Å². The van der Waals surface area contributed by atoms with E-state index in [1.165, 1.54) is 29.2 Å². The zero-order valence-corrected chi connectivity index (χ0v) is 16.9. The molecule has 0 saturated carbocycles. The predicted octanol–water partition coefficient (Wildman–Crippen LogP) is 3.92. The summed E-state index contributed by atoms with van der Waals surface area (Å²) in [6, 6.07) is 15.4. The van der Waals surface area contributed by atoms with E-state index in [1.807, 2.05) is 0 Å². The lowest BCUT2D eigenvalue weighted by Gasteiger charge is -2.27. The van der Waals surface area contributed by atoms with Gasteiger partial charge >= 0.3 is 0 Å². The molecule has 0 amide bonds. The van der Waals surface area contributed by atoms with Crippen molar-refractivity contribution in [2.45, 2.75) is 31.8 Å². The molecule has 2 heterocycles. The van der Waals surface area contributed by atoms with E-state index in [0.717, 1.165) is 65.5 Å². The molecule has 4 nitrogen and oxygen atoms in total. The van der Waals surface area contributed by atoms with E-state index in [9.17, 15) is 0 Å². The van der Waals surface area contributed by atoms with Crippen molar-refractivity contribution in [2.24, 2.45) is 5.92 Å². The van der Waals surface area contributed by atoms with Gasteiger partial charge in [0, 0.05) is 32.8 Å². The number of nitrogens with zero attached hydrogens (tertiary/aromatic N) is 1. The van der Waals surface area contributed by atoms with Crippen LogP contribution < -0.4 is 0 Å². The fourth-order valence-corrected chi connectivity index (χ4v) is 4.46. The molecule has 0 aromatic heterocycles. The molecule has 0 radical (unpaired) electrons. The minimum atomic E-state index is 0.405. The highest BCUT2D eigenvalue weighted by Crippen LogP contribution is 2.26. The van der Waals surface area contributed by atoms with Gasteiger partial charge in [-0.15, -0.1) is 0 Å². The largest absolute Gasteiger partial charge is 0.380 e. The summed E-state index contributed by atoms with van der Waals surface area (Å²) >= 11 is 0. The van der Waals surface area contributed by atoms with E-state index in [1.54, 1.807) is 0 Å². The second-order valence-corrected chi connectivity index (χ2v) is 8.11. The Kier molecular flexibility index (Phi) is 7.34. The minimum Gasteiger partial charge on any atom is -0.380 e. The highest BCUT2D eigenvalue weighted by Gasteiger charge is 2.22. The Morgan fingerprint density at radius 2 is 1.89 bits per heavy atom. The third kappa shape index (κ3) is 5.54. The standard InChI is InChI=1S/C24H33NO3/c1-2-9-24-21(5-1)6-3-7-22(24)17-20(18-23-8-4-13-28-23)19-27-16-12-25-10-14-26-15-11-25/h1-3,5-7,9,20,23H,4,8,10-19H2. The first-order valence-electron chi connectivity index (χ1n) is 10.8. The van der Waals surface area contributed by atoms with Crippen LogP contribution in [-0.4, -0.2) is 63.7 Å². The Labute approximate surface area is 168 Å². The van der Waals surface area contributed by atoms with Crippen LogP contribution in [0.5, 0.6) is 0 Å². The summed E-state index contributed by atoms with van der Waals surface area (Å²) in [4.78, 5) is 2.43. The van der Waals surface area contributed by atoms with Crippen molar-refractivity contribution >= 4 is 10.8 Å². The fourth-order valence-electron chi connectivity index (χ4n) is 4.46. The van der Waals surface area contributed by atoms with Crippen LogP contribution in [0, 0.1) is 5.92 Å². The molecule has 2 aromatic rings. The van der Waals surface area contributed by atoms with Crippen LogP contribution in [0.1, 0.15) is 24.8 Å². The molecule has 4 heteroatoms. The van der Waals surface area contributed by atoms with E-state index in [-0.39, 0.29) is 0 Å². The first kappa shape index (κ1) is 19.8. The number of hydrogen-bond acceptors (Lipinski definition) is 4. The van der Waals surface area contributed by atoms with Gasteiger partial charge in [-0.1, -0.05) is 42.5 Å². The quantitative estimate of drug-likeness (QED) is 0.614. The van der Waals surface area contributed by atoms with Gasteiger partial charge in [0.05, 0.1) is 25.9 Å². The smallest absolute Gasteiger partial charge is 0.0594 e. The van der Waals surface area contributed by atoms with Crippen molar-refractivity contribution in [3.63, 3.8) is 0 Å². The van der Waals surface area contributed by atoms with Gasteiger partial charge in [-0.3, -0.25) is 4.90 Å². The van der Waals surface area contributed by atoms with Crippen LogP contribution in [0.3, 0.4) is 0 Å². The Hall–Kier alpha value is -1.46. The second-order valence-electron chi connectivity index (χ2n) is 8.11. The summed E-state index contributed by atoms with van der Waals surface area (Å²) in [5.41, 5.74) is 1.43. The molecular weight excluding hydrogens is 350 g/mol. The molecule has 0 spiro atoms. The van der Waals surface area contributed by atoms with E-state index >= 15 is 0 Å². The lowest BCUT2D eigenvalue weighted by Crippen LogP contribution is -2.38. The molecule has 28 heavy (non-hydrogen) atoms. The van der Waals surface area contributed by atoms with Gasteiger partial charge in [0.15, 0.2) is 0 Å². The van der Waals surface area contributed by atoms with Gasteiger partial charge in [-0.2, -0.15) is 0 Å². The summed E-state index contributed by atoms with van der Waals surface area (Å²) < 4.78 is 17.5. The van der Waals surface area contributed by atoms with Crippen molar-refractivity contribution in [1.29, 1.82) is 0 Å². The fraction of sp³-hybridized carbons (Fsp3) is 0.583. The lowest BCUT2D eigenvalue weighted by molar-refractivity contribution is 0.0104. The topological polar surface area (TPSA) is 30.9 Å². The Morgan fingerprint density at radius 1 is 1.04 bits per heavy atom. The number of hydrogen-bond donors (Lipinski definition) is 0. The van der Waals surface area contributed by atoms with Crippen molar-refractivity contribution in [2.75, 3.05) is 52.7 Å². The molecule has 2 aliphatic rings. The average Bonchev–Trinajstić information content (AvgIpc) is 3.25. The summed E-state index contributed by atoms with van der Waals surface area (Å²) in [6.07, 6.45) is 4.95. The third-order valence-electron chi connectivity index (χ3n) is 6.02. The molecule has 0 N–H and O–H groups in total. The third-order valence-corrected chi connectivity index (χ3v) is 6.02. The molecule has 2 saturated heterocycles. The Morgan fingerprint density at radius 3 is 2.75 bits per heavy atom.